The van der Waals surface area contributed by atoms with Gasteiger partial charge < -0.3 is 9.80 Å². The molecule has 1 amide bonds. The zero-order chi connectivity index (χ0) is 14.5. The molecule has 0 aromatic carbocycles. The van der Waals surface area contributed by atoms with Gasteiger partial charge in [-0.15, -0.1) is 0 Å². The van der Waals surface area contributed by atoms with Gasteiger partial charge in [-0.1, -0.05) is 19.3 Å². The van der Waals surface area contributed by atoms with Crippen LogP contribution in [0, 0.1) is 16.7 Å². The lowest BCUT2D eigenvalue weighted by atomic mass is 9.74. The third kappa shape index (κ3) is 3.70. The predicted octanol–water partition coefficient (Wildman–Crippen LogP) is 2.26. The van der Waals surface area contributed by atoms with Gasteiger partial charge in [-0.25, -0.2) is 0 Å². The second kappa shape index (κ2) is 6.91. The summed E-state index contributed by atoms with van der Waals surface area (Å²) >= 11 is 0. The molecule has 0 bridgehead atoms. The maximum Gasteiger partial charge on any atom is 0.243 e. The SMILES string of the molecule is CCN(C(=O)C1(C#N)CCCCC1)C(C)CN(C)C. The van der Waals surface area contributed by atoms with E-state index in [1.807, 2.05) is 25.9 Å². The van der Waals surface area contributed by atoms with E-state index in [0.29, 0.717) is 6.54 Å². The largest absolute Gasteiger partial charge is 0.338 e. The maximum atomic E-state index is 12.8. The topological polar surface area (TPSA) is 47.3 Å². The molecule has 1 unspecified atom stereocenters. The van der Waals surface area contributed by atoms with Crippen LogP contribution >= 0.6 is 0 Å². The molecule has 0 radical (unpaired) electrons. The zero-order valence-electron chi connectivity index (χ0n) is 12.8. The van der Waals surface area contributed by atoms with Gasteiger partial charge in [0.15, 0.2) is 0 Å². The Labute approximate surface area is 117 Å². The van der Waals surface area contributed by atoms with Crippen LogP contribution in [-0.4, -0.2) is 48.9 Å². The normalized spacial score (nSPS) is 19.8. The van der Waals surface area contributed by atoms with Crippen molar-refractivity contribution < 1.29 is 4.79 Å². The van der Waals surface area contributed by atoms with Crippen LogP contribution < -0.4 is 0 Å². The predicted molar refractivity (Wildman–Crippen MR) is 76.5 cm³/mol. The van der Waals surface area contributed by atoms with Crippen LogP contribution in [0.3, 0.4) is 0 Å². The number of carbonyl (C=O) groups is 1. The van der Waals surface area contributed by atoms with Gasteiger partial charge in [0.25, 0.3) is 0 Å². The van der Waals surface area contributed by atoms with Gasteiger partial charge in [0.2, 0.25) is 5.91 Å². The van der Waals surface area contributed by atoms with Crippen molar-refractivity contribution in [3.63, 3.8) is 0 Å². The van der Waals surface area contributed by atoms with E-state index in [1.54, 1.807) is 0 Å². The lowest BCUT2D eigenvalue weighted by Crippen LogP contribution is -2.50. The van der Waals surface area contributed by atoms with Gasteiger partial charge >= 0.3 is 0 Å². The Hall–Kier alpha value is -1.08. The molecule has 4 heteroatoms. The van der Waals surface area contributed by atoms with Crippen LogP contribution in [0.4, 0.5) is 0 Å². The van der Waals surface area contributed by atoms with E-state index < -0.39 is 5.41 Å². The molecule has 1 saturated carbocycles. The summed E-state index contributed by atoms with van der Waals surface area (Å²) in [6, 6.07) is 2.49. The molecule has 0 heterocycles. The van der Waals surface area contributed by atoms with E-state index in [0.717, 1.165) is 38.6 Å². The minimum Gasteiger partial charge on any atom is -0.338 e. The summed E-state index contributed by atoms with van der Waals surface area (Å²) in [5, 5.41) is 9.51. The number of hydrogen-bond donors (Lipinski definition) is 0. The van der Waals surface area contributed by atoms with Crippen molar-refractivity contribution in [3.05, 3.63) is 0 Å². The Morgan fingerprint density at radius 1 is 1.32 bits per heavy atom. The van der Waals surface area contributed by atoms with Gasteiger partial charge in [-0.05, 0) is 40.8 Å². The van der Waals surface area contributed by atoms with Crippen LogP contribution in [0.25, 0.3) is 0 Å². The minimum absolute atomic E-state index is 0.0477. The average molecular weight is 265 g/mol. The maximum absolute atomic E-state index is 12.8. The second-order valence-corrected chi connectivity index (χ2v) is 5.96. The first-order chi connectivity index (χ1) is 8.96. The van der Waals surface area contributed by atoms with Gasteiger partial charge in [0.1, 0.15) is 5.41 Å². The van der Waals surface area contributed by atoms with Crippen molar-refractivity contribution in [2.45, 2.75) is 52.0 Å². The fourth-order valence-electron chi connectivity index (χ4n) is 3.09. The molecule has 0 aliphatic heterocycles. The zero-order valence-corrected chi connectivity index (χ0v) is 12.8. The Balaban J connectivity index is 2.84. The van der Waals surface area contributed by atoms with E-state index in [2.05, 4.69) is 17.9 Å². The first kappa shape index (κ1) is 16.0. The van der Waals surface area contributed by atoms with E-state index in [9.17, 15) is 10.1 Å². The van der Waals surface area contributed by atoms with Gasteiger partial charge in [0, 0.05) is 19.1 Å². The van der Waals surface area contributed by atoms with Crippen LogP contribution in [0.5, 0.6) is 0 Å². The Bertz CT molecular complexity index is 340. The average Bonchev–Trinajstić information content (AvgIpc) is 2.39. The van der Waals surface area contributed by atoms with Crippen molar-refractivity contribution in [1.82, 2.24) is 9.80 Å². The molecule has 19 heavy (non-hydrogen) atoms. The van der Waals surface area contributed by atoms with Crippen LogP contribution in [0.15, 0.2) is 0 Å². The highest BCUT2D eigenvalue weighted by Gasteiger charge is 2.43. The van der Waals surface area contributed by atoms with Crippen molar-refractivity contribution in [3.8, 4) is 6.07 Å². The molecule has 4 nitrogen and oxygen atoms in total. The standard InChI is InChI=1S/C15H27N3O/c1-5-18(13(2)11-17(3)4)14(19)15(12-16)9-7-6-8-10-15/h13H,5-11H2,1-4H3. The second-order valence-electron chi connectivity index (χ2n) is 5.96. The molecule has 0 aromatic heterocycles. The van der Waals surface area contributed by atoms with Crippen LogP contribution in [0.1, 0.15) is 46.0 Å². The van der Waals surface area contributed by atoms with Crippen LogP contribution in [0.2, 0.25) is 0 Å². The molecule has 1 aliphatic carbocycles. The Morgan fingerprint density at radius 2 is 1.89 bits per heavy atom. The number of nitrogens with zero attached hydrogens (tertiary/aromatic N) is 3. The van der Waals surface area contributed by atoms with E-state index >= 15 is 0 Å². The molecule has 0 aromatic rings. The van der Waals surface area contributed by atoms with Crippen molar-refractivity contribution in [2.75, 3.05) is 27.2 Å². The first-order valence-electron chi connectivity index (χ1n) is 7.34. The highest BCUT2D eigenvalue weighted by molar-refractivity contribution is 5.85. The summed E-state index contributed by atoms with van der Waals surface area (Å²) in [7, 11) is 4.02. The molecule has 0 spiro atoms. The molecule has 1 rings (SSSR count). The fraction of sp³-hybridized carbons (Fsp3) is 0.867. The van der Waals surface area contributed by atoms with E-state index in [-0.39, 0.29) is 11.9 Å². The summed E-state index contributed by atoms with van der Waals surface area (Å²) < 4.78 is 0. The number of nitriles is 1. The number of carbonyl (C=O) groups excluding carboxylic acids is 1. The van der Waals surface area contributed by atoms with Gasteiger partial charge in [0.05, 0.1) is 6.07 Å². The summed E-state index contributed by atoms with van der Waals surface area (Å²) in [4.78, 5) is 16.8. The highest BCUT2D eigenvalue weighted by Crippen LogP contribution is 2.37. The van der Waals surface area contributed by atoms with Crippen LogP contribution in [-0.2, 0) is 4.79 Å². The minimum atomic E-state index is -0.755. The molecule has 0 N–H and O–H groups in total. The fourth-order valence-corrected chi connectivity index (χ4v) is 3.09. The third-order valence-electron chi connectivity index (χ3n) is 4.09. The lowest BCUT2D eigenvalue weighted by Gasteiger charge is -2.38. The quantitative estimate of drug-likeness (QED) is 0.766. The van der Waals surface area contributed by atoms with E-state index in [4.69, 9.17) is 0 Å². The monoisotopic (exact) mass is 265 g/mol. The molecule has 0 saturated heterocycles. The van der Waals surface area contributed by atoms with E-state index in [1.165, 1.54) is 0 Å². The Morgan fingerprint density at radius 3 is 2.32 bits per heavy atom. The summed E-state index contributed by atoms with van der Waals surface area (Å²) in [5.74, 6) is 0.0477. The molecule has 108 valence electrons. The molecule has 1 atom stereocenters. The smallest absolute Gasteiger partial charge is 0.243 e. The summed E-state index contributed by atoms with van der Waals surface area (Å²) in [6.45, 7) is 5.58. The molecular weight excluding hydrogens is 238 g/mol. The molecular formula is C15H27N3O. The number of hydrogen-bond acceptors (Lipinski definition) is 3. The lowest BCUT2D eigenvalue weighted by molar-refractivity contribution is -0.142. The molecule has 1 fully saturated rings. The van der Waals surface area contributed by atoms with Gasteiger partial charge in [-0.2, -0.15) is 5.26 Å². The van der Waals surface area contributed by atoms with Crippen molar-refractivity contribution >= 4 is 5.91 Å². The number of likely N-dealkylation sites (N-methyl/N-ethyl adjacent to an activating group) is 2. The number of rotatable bonds is 5. The van der Waals surface area contributed by atoms with Crippen molar-refractivity contribution in [2.24, 2.45) is 5.41 Å². The Kier molecular flexibility index (Phi) is 5.81. The van der Waals surface area contributed by atoms with Gasteiger partial charge in [-0.3, -0.25) is 4.79 Å². The molecule has 1 aliphatic rings. The first-order valence-corrected chi connectivity index (χ1v) is 7.34. The third-order valence-corrected chi connectivity index (χ3v) is 4.09. The number of amides is 1. The highest BCUT2D eigenvalue weighted by atomic mass is 16.2. The summed E-state index contributed by atoms with van der Waals surface area (Å²) in [6.07, 6.45) is 4.61. The summed E-state index contributed by atoms with van der Waals surface area (Å²) in [5.41, 5.74) is -0.755. The van der Waals surface area contributed by atoms with Crippen molar-refractivity contribution in [1.29, 1.82) is 5.26 Å².